The standard InChI is InChI=1S/C27H20INO2/c1-30-26-15-20(14-25(28)27(26)31-18-19-7-3-2-4-8-19)13-24(17-29)23-12-11-21-9-5-6-10-22(21)16-23/h2-16H,18H2,1H3/b24-13-. The zero-order valence-corrected chi connectivity index (χ0v) is 19.2. The van der Waals surface area contributed by atoms with Gasteiger partial charge in [0.05, 0.1) is 22.3 Å². The first-order valence-electron chi connectivity index (χ1n) is 9.83. The van der Waals surface area contributed by atoms with E-state index >= 15 is 0 Å². The van der Waals surface area contributed by atoms with Crippen molar-refractivity contribution in [2.45, 2.75) is 6.61 Å². The summed E-state index contributed by atoms with van der Waals surface area (Å²) in [6.45, 7) is 0.461. The fourth-order valence-electron chi connectivity index (χ4n) is 3.40. The van der Waals surface area contributed by atoms with Crippen molar-refractivity contribution in [3.63, 3.8) is 0 Å². The van der Waals surface area contributed by atoms with E-state index in [9.17, 15) is 5.26 Å². The van der Waals surface area contributed by atoms with E-state index in [0.717, 1.165) is 31.0 Å². The lowest BCUT2D eigenvalue weighted by Gasteiger charge is -2.14. The first kappa shape index (κ1) is 21.0. The van der Waals surface area contributed by atoms with Crippen LogP contribution in [0.4, 0.5) is 0 Å². The van der Waals surface area contributed by atoms with E-state index in [0.29, 0.717) is 23.7 Å². The van der Waals surface area contributed by atoms with Gasteiger partial charge in [-0.3, -0.25) is 0 Å². The molecule has 0 aromatic heterocycles. The van der Waals surface area contributed by atoms with Gasteiger partial charge in [-0.05, 0) is 74.3 Å². The van der Waals surface area contributed by atoms with Gasteiger partial charge < -0.3 is 9.47 Å². The smallest absolute Gasteiger partial charge is 0.174 e. The van der Waals surface area contributed by atoms with E-state index in [-0.39, 0.29) is 0 Å². The van der Waals surface area contributed by atoms with Gasteiger partial charge in [-0.15, -0.1) is 0 Å². The molecule has 31 heavy (non-hydrogen) atoms. The highest BCUT2D eigenvalue weighted by Gasteiger charge is 2.12. The van der Waals surface area contributed by atoms with Crippen LogP contribution >= 0.6 is 22.6 Å². The first-order chi connectivity index (χ1) is 15.2. The molecule has 4 aromatic carbocycles. The van der Waals surface area contributed by atoms with Gasteiger partial charge in [-0.25, -0.2) is 0 Å². The lowest BCUT2D eigenvalue weighted by atomic mass is 10.00. The summed E-state index contributed by atoms with van der Waals surface area (Å²) in [4.78, 5) is 0. The summed E-state index contributed by atoms with van der Waals surface area (Å²) < 4.78 is 12.6. The average Bonchev–Trinajstić information content (AvgIpc) is 2.81. The fourth-order valence-corrected chi connectivity index (χ4v) is 4.18. The Morgan fingerprint density at radius 1 is 0.935 bits per heavy atom. The van der Waals surface area contributed by atoms with Crippen LogP contribution in [0.1, 0.15) is 16.7 Å². The van der Waals surface area contributed by atoms with Crippen LogP contribution in [0.25, 0.3) is 22.4 Å². The molecule has 0 saturated heterocycles. The van der Waals surface area contributed by atoms with Gasteiger partial charge in [-0.1, -0.05) is 66.7 Å². The molecule has 0 fully saturated rings. The van der Waals surface area contributed by atoms with E-state index in [1.54, 1.807) is 7.11 Å². The molecule has 0 radical (unpaired) electrons. The maximum Gasteiger partial charge on any atom is 0.174 e. The van der Waals surface area contributed by atoms with Crippen LogP contribution in [0.3, 0.4) is 0 Å². The minimum absolute atomic E-state index is 0.461. The molecule has 152 valence electrons. The summed E-state index contributed by atoms with van der Waals surface area (Å²) in [5.41, 5.74) is 3.46. The summed E-state index contributed by atoms with van der Waals surface area (Å²) in [7, 11) is 1.63. The number of halogens is 1. The maximum atomic E-state index is 9.80. The van der Waals surface area contributed by atoms with Crippen molar-refractivity contribution in [1.82, 2.24) is 0 Å². The van der Waals surface area contributed by atoms with E-state index in [4.69, 9.17) is 9.47 Å². The molecule has 0 unspecified atom stereocenters. The quantitative estimate of drug-likeness (QED) is 0.156. The van der Waals surface area contributed by atoms with Gasteiger partial charge >= 0.3 is 0 Å². The van der Waals surface area contributed by atoms with Crippen molar-refractivity contribution in [3.05, 3.63) is 105 Å². The molecule has 0 amide bonds. The van der Waals surface area contributed by atoms with E-state index in [1.165, 1.54) is 0 Å². The van der Waals surface area contributed by atoms with Crippen molar-refractivity contribution in [2.24, 2.45) is 0 Å². The predicted molar refractivity (Wildman–Crippen MR) is 134 cm³/mol. The average molecular weight is 517 g/mol. The molecule has 0 saturated carbocycles. The molecule has 0 aliphatic carbocycles. The zero-order chi connectivity index (χ0) is 21.6. The number of nitrogens with zero attached hydrogens (tertiary/aromatic N) is 1. The number of allylic oxidation sites excluding steroid dienone is 1. The number of ether oxygens (including phenoxy) is 2. The third-order valence-electron chi connectivity index (χ3n) is 4.97. The molecule has 4 heteroatoms. The number of nitriles is 1. The van der Waals surface area contributed by atoms with Crippen LogP contribution in [0.15, 0.2) is 84.9 Å². The summed E-state index contributed by atoms with van der Waals surface area (Å²) >= 11 is 2.25. The Morgan fingerprint density at radius 2 is 1.68 bits per heavy atom. The molecule has 0 aliphatic rings. The van der Waals surface area contributed by atoms with Gasteiger partial charge in [0, 0.05) is 0 Å². The topological polar surface area (TPSA) is 42.2 Å². The van der Waals surface area contributed by atoms with Crippen molar-refractivity contribution < 1.29 is 9.47 Å². The molecule has 0 N–H and O–H groups in total. The summed E-state index contributed by atoms with van der Waals surface area (Å²) in [6, 6.07) is 30.5. The number of methoxy groups -OCH3 is 1. The second-order valence-corrected chi connectivity index (χ2v) is 8.20. The van der Waals surface area contributed by atoms with Crippen molar-refractivity contribution >= 4 is 45.0 Å². The SMILES string of the molecule is COc1cc(/C=C(/C#N)c2ccc3ccccc3c2)cc(I)c1OCc1ccccc1. The van der Waals surface area contributed by atoms with Crippen molar-refractivity contribution in [1.29, 1.82) is 5.26 Å². The molecule has 4 rings (SSSR count). The molecular formula is C27H20INO2. The minimum atomic E-state index is 0.461. The molecule has 0 heterocycles. The Labute approximate surface area is 195 Å². The molecule has 0 aliphatic heterocycles. The largest absolute Gasteiger partial charge is 0.493 e. The van der Waals surface area contributed by atoms with Gasteiger partial charge in [0.25, 0.3) is 0 Å². The zero-order valence-electron chi connectivity index (χ0n) is 17.0. The highest BCUT2D eigenvalue weighted by molar-refractivity contribution is 14.1. The van der Waals surface area contributed by atoms with Gasteiger partial charge in [-0.2, -0.15) is 5.26 Å². The summed E-state index contributed by atoms with van der Waals surface area (Å²) in [5, 5.41) is 12.1. The molecule has 0 bridgehead atoms. The highest BCUT2D eigenvalue weighted by atomic mass is 127. The predicted octanol–water partition coefficient (Wildman–Crippen LogP) is 7.10. The van der Waals surface area contributed by atoms with Crippen LogP contribution in [0.2, 0.25) is 0 Å². The van der Waals surface area contributed by atoms with E-state index in [1.807, 2.05) is 78.9 Å². The Kier molecular flexibility index (Phi) is 6.54. The number of benzene rings is 4. The Hall–Kier alpha value is -3.30. The molecular weight excluding hydrogens is 497 g/mol. The van der Waals surface area contributed by atoms with Gasteiger partial charge in [0.1, 0.15) is 6.61 Å². The van der Waals surface area contributed by atoms with Gasteiger partial charge in [0.15, 0.2) is 11.5 Å². The minimum Gasteiger partial charge on any atom is -0.493 e. The number of hydrogen-bond acceptors (Lipinski definition) is 3. The Bertz CT molecular complexity index is 1290. The van der Waals surface area contributed by atoms with Crippen LogP contribution < -0.4 is 9.47 Å². The second-order valence-electron chi connectivity index (χ2n) is 7.04. The first-order valence-corrected chi connectivity index (χ1v) is 10.9. The summed E-state index contributed by atoms with van der Waals surface area (Å²) in [5.74, 6) is 1.35. The molecule has 4 aromatic rings. The lowest BCUT2D eigenvalue weighted by molar-refractivity contribution is 0.282. The molecule has 0 atom stereocenters. The van der Waals surface area contributed by atoms with Crippen LogP contribution in [0, 0.1) is 14.9 Å². The number of rotatable bonds is 6. The van der Waals surface area contributed by atoms with Crippen LogP contribution in [-0.2, 0) is 6.61 Å². The highest BCUT2D eigenvalue weighted by Crippen LogP contribution is 2.36. The van der Waals surface area contributed by atoms with E-state index < -0.39 is 0 Å². The van der Waals surface area contributed by atoms with Crippen LogP contribution in [-0.4, -0.2) is 7.11 Å². The van der Waals surface area contributed by atoms with E-state index in [2.05, 4.69) is 40.8 Å². The van der Waals surface area contributed by atoms with Gasteiger partial charge in [0.2, 0.25) is 0 Å². The Balaban J connectivity index is 1.65. The lowest BCUT2D eigenvalue weighted by Crippen LogP contribution is -2.00. The third-order valence-corrected chi connectivity index (χ3v) is 5.77. The Morgan fingerprint density at radius 3 is 2.42 bits per heavy atom. The molecule has 3 nitrogen and oxygen atoms in total. The third kappa shape index (κ3) is 4.89. The monoisotopic (exact) mass is 517 g/mol. The molecule has 0 spiro atoms. The second kappa shape index (κ2) is 9.67. The van der Waals surface area contributed by atoms with Crippen LogP contribution in [0.5, 0.6) is 11.5 Å². The number of hydrogen-bond donors (Lipinski definition) is 0. The fraction of sp³-hybridized carbons (Fsp3) is 0.0741. The number of fused-ring (bicyclic) bond motifs is 1. The normalized spacial score (nSPS) is 11.2. The summed E-state index contributed by atoms with van der Waals surface area (Å²) in [6.07, 6.45) is 1.88. The van der Waals surface area contributed by atoms with Crippen molar-refractivity contribution in [2.75, 3.05) is 7.11 Å². The maximum absolute atomic E-state index is 9.80. The van der Waals surface area contributed by atoms with Crippen molar-refractivity contribution in [3.8, 4) is 17.6 Å².